The smallest absolute Gasteiger partial charge is 0.290 e. The molecule has 0 radical (unpaired) electrons. The van der Waals surface area contributed by atoms with E-state index in [1.165, 1.54) is 0 Å². The number of carboxylic acid groups (broad SMARTS) is 1. The maximum Gasteiger partial charge on any atom is 0.290 e. The van der Waals surface area contributed by atoms with Crippen LogP contribution in [0.5, 0.6) is 5.75 Å². The van der Waals surface area contributed by atoms with Gasteiger partial charge in [0.15, 0.2) is 0 Å². The molecular formula is C24H34N4O5. The van der Waals surface area contributed by atoms with Crippen LogP contribution in [-0.4, -0.2) is 85.8 Å². The van der Waals surface area contributed by atoms with Gasteiger partial charge >= 0.3 is 0 Å². The van der Waals surface area contributed by atoms with E-state index in [-0.39, 0.29) is 29.5 Å². The third-order valence-electron chi connectivity index (χ3n) is 5.64. The Morgan fingerprint density at radius 3 is 2.36 bits per heavy atom. The number of anilines is 1. The monoisotopic (exact) mass is 458 g/mol. The lowest BCUT2D eigenvalue weighted by Gasteiger charge is -2.36. The number of rotatable bonds is 6. The average Bonchev–Trinajstić information content (AvgIpc) is 2.79. The number of amides is 1. The Labute approximate surface area is 194 Å². The highest BCUT2D eigenvalue weighted by Crippen LogP contribution is 2.28. The van der Waals surface area contributed by atoms with E-state index in [0.717, 1.165) is 23.5 Å². The molecule has 1 amide bonds. The highest BCUT2D eigenvalue weighted by atomic mass is 16.5. The highest BCUT2D eigenvalue weighted by Gasteiger charge is 2.27. The van der Waals surface area contributed by atoms with Gasteiger partial charge in [0.05, 0.1) is 12.8 Å². The van der Waals surface area contributed by atoms with E-state index >= 15 is 0 Å². The Morgan fingerprint density at radius 1 is 1.18 bits per heavy atom. The van der Waals surface area contributed by atoms with E-state index in [9.17, 15) is 9.59 Å². The summed E-state index contributed by atoms with van der Waals surface area (Å²) in [6, 6.07) is 9.76. The minimum atomic E-state index is -0.250. The van der Waals surface area contributed by atoms with Crippen LogP contribution in [0.1, 0.15) is 28.9 Å². The van der Waals surface area contributed by atoms with E-state index in [1.807, 2.05) is 63.2 Å². The molecule has 1 fully saturated rings. The molecule has 0 aliphatic carbocycles. The molecule has 1 aromatic carbocycles. The van der Waals surface area contributed by atoms with Crippen molar-refractivity contribution >= 4 is 18.1 Å². The molecule has 1 N–H and O–H groups in total. The number of carbonyl (C=O) groups excluding carboxylic acids is 1. The number of likely N-dealkylation sites (N-methyl/N-ethyl adjacent to an activating group) is 1. The fraction of sp³-hybridized carbons (Fsp3) is 0.458. The fourth-order valence-electron chi connectivity index (χ4n) is 4.06. The van der Waals surface area contributed by atoms with Crippen LogP contribution in [0.15, 0.2) is 41.3 Å². The van der Waals surface area contributed by atoms with Gasteiger partial charge in [-0.25, -0.2) is 0 Å². The molecule has 1 aromatic heterocycles. The number of aryl methyl sites for hydroxylation is 1. The van der Waals surface area contributed by atoms with Gasteiger partial charge in [0.25, 0.3) is 17.9 Å². The molecule has 0 spiro atoms. The van der Waals surface area contributed by atoms with E-state index in [4.69, 9.17) is 14.6 Å². The zero-order valence-electron chi connectivity index (χ0n) is 20.0. The molecule has 9 heteroatoms. The first-order chi connectivity index (χ1) is 15.7. The first-order valence-electron chi connectivity index (χ1n) is 10.9. The molecule has 3 rings (SSSR count). The van der Waals surface area contributed by atoms with Gasteiger partial charge in [-0.1, -0.05) is 12.1 Å². The number of hydrogen-bond donors (Lipinski definition) is 1. The molecule has 1 aliphatic rings. The molecule has 1 saturated heterocycles. The second-order valence-corrected chi connectivity index (χ2v) is 8.25. The molecule has 0 saturated carbocycles. The Bertz CT molecular complexity index is 997. The van der Waals surface area contributed by atoms with Crippen LogP contribution in [0.4, 0.5) is 5.69 Å². The van der Waals surface area contributed by atoms with Crippen molar-refractivity contribution in [2.45, 2.75) is 19.9 Å². The van der Waals surface area contributed by atoms with Crippen molar-refractivity contribution in [2.24, 2.45) is 0 Å². The highest BCUT2D eigenvalue weighted by molar-refractivity contribution is 5.95. The normalized spacial score (nSPS) is 14.4. The van der Waals surface area contributed by atoms with Crippen molar-refractivity contribution in [1.29, 1.82) is 0 Å². The summed E-state index contributed by atoms with van der Waals surface area (Å²) in [6.07, 6.45) is 1.79. The lowest BCUT2D eigenvalue weighted by molar-refractivity contribution is -0.122. The summed E-state index contributed by atoms with van der Waals surface area (Å²) in [7, 11) is 5.62. The molecule has 9 nitrogen and oxygen atoms in total. The zero-order valence-corrected chi connectivity index (χ0v) is 20.0. The number of benzene rings is 1. The average molecular weight is 459 g/mol. The van der Waals surface area contributed by atoms with Crippen LogP contribution in [0.25, 0.3) is 0 Å². The number of piperazine rings is 1. The SMILES string of the molecule is COc1ccccc1N1CCN(C(=O)c2c(C)ccn(C(C)CN(C)C)c2=O)CC1.O=CO. The van der Waals surface area contributed by atoms with Crippen LogP contribution in [0.3, 0.4) is 0 Å². The van der Waals surface area contributed by atoms with E-state index in [2.05, 4.69) is 4.90 Å². The quantitative estimate of drug-likeness (QED) is 0.661. The van der Waals surface area contributed by atoms with Gasteiger partial charge in [0, 0.05) is 45.0 Å². The van der Waals surface area contributed by atoms with Crippen LogP contribution in [0, 0.1) is 6.92 Å². The fourth-order valence-corrected chi connectivity index (χ4v) is 4.06. The summed E-state index contributed by atoms with van der Waals surface area (Å²) in [5.74, 6) is 0.650. The van der Waals surface area contributed by atoms with Crippen LogP contribution >= 0.6 is 0 Å². The Balaban J connectivity index is 0.00000122. The summed E-state index contributed by atoms with van der Waals surface area (Å²) < 4.78 is 7.14. The summed E-state index contributed by atoms with van der Waals surface area (Å²) in [5.41, 5.74) is 1.84. The molecule has 0 bridgehead atoms. The van der Waals surface area contributed by atoms with Gasteiger partial charge in [-0.05, 0) is 51.7 Å². The molecule has 2 aromatic rings. The molecule has 180 valence electrons. The van der Waals surface area contributed by atoms with Crippen molar-refractivity contribution in [3.8, 4) is 5.75 Å². The number of para-hydroxylation sites is 2. The number of pyridine rings is 1. The Morgan fingerprint density at radius 2 is 1.79 bits per heavy atom. The van der Waals surface area contributed by atoms with Crippen molar-refractivity contribution in [3.05, 3.63) is 58.0 Å². The minimum absolute atomic E-state index is 0.0120. The molecule has 2 heterocycles. The summed E-state index contributed by atoms with van der Waals surface area (Å²) >= 11 is 0. The summed E-state index contributed by atoms with van der Waals surface area (Å²) in [6.45, 7) is 6.84. The third kappa shape index (κ3) is 6.35. The van der Waals surface area contributed by atoms with Gasteiger partial charge < -0.3 is 29.1 Å². The first kappa shape index (κ1) is 25.9. The number of ether oxygens (including phenoxy) is 1. The molecule has 1 atom stereocenters. The predicted molar refractivity (Wildman–Crippen MR) is 129 cm³/mol. The van der Waals surface area contributed by atoms with Gasteiger partial charge in [0.1, 0.15) is 11.3 Å². The summed E-state index contributed by atoms with van der Waals surface area (Å²) in [5, 5.41) is 6.89. The molecule has 1 aliphatic heterocycles. The number of methoxy groups -OCH3 is 1. The van der Waals surface area contributed by atoms with E-state index in [1.54, 1.807) is 22.8 Å². The molecule has 1 unspecified atom stereocenters. The second kappa shape index (κ2) is 12.1. The summed E-state index contributed by atoms with van der Waals surface area (Å²) in [4.78, 5) is 40.8. The molecule has 33 heavy (non-hydrogen) atoms. The van der Waals surface area contributed by atoms with Crippen molar-refractivity contribution in [3.63, 3.8) is 0 Å². The third-order valence-corrected chi connectivity index (χ3v) is 5.64. The van der Waals surface area contributed by atoms with Gasteiger partial charge in [-0.3, -0.25) is 14.4 Å². The van der Waals surface area contributed by atoms with E-state index < -0.39 is 0 Å². The number of carbonyl (C=O) groups is 2. The van der Waals surface area contributed by atoms with E-state index in [0.29, 0.717) is 26.2 Å². The van der Waals surface area contributed by atoms with Crippen LogP contribution in [-0.2, 0) is 4.79 Å². The zero-order chi connectivity index (χ0) is 24.5. The molecular weight excluding hydrogens is 424 g/mol. The lowest BCUT2D eigenvalue weighted by Crippen LogP contribution is -2.50. The first-order valence-corrected chi connectivity index (χ1v) is 10.9. The number of nitrogens with zero attached hydrogens (tertiary/aromatic N) is 4. The Kier molecular flexibility index (Phi) is 9.47. The van der Waals surface area contributed by atoms with Crippen molar-refractivity contribution in [2.75, 3.05) is 58.8 Å². The van der Waals surface area contributed by atoms with Crippen LogP contribution < -0.4 is 15.2 Å². The van der Waals surface area contributed by atoms with Gasteiger partial charge in [-0.2, -0.15) is 0 Å². The largest absolute Gasteiger partial charge is 0.495 e. The maximum absolute atomic E-state index is 13.3. The minimum Gasteiger partial charge on any atom is -0.495 e. The maximum atomic E-state index is 13.3. The van der Waals surface area contributed by atoms with Crippen molar-refractivity contribution in [1.82, 2.24) is 14.4 Å². The topological polar surface area (TPSA) is 95.3 Å². The van der Waals surface area contributed by atoms with Gasteiger partial charge in [-0.15, -0.1) is 0 Å². The predicted octanol–water partition coefficient (Wildman–Crippen LogP) is 1.95. The van der Waals surface area contributed by atoms with Crippen LogP contribution in [0.2, 0.25) is 0 Å². The standard InChI is InChI=1S/C23H32N4O3.CH2O2/c1-17-10-11-27(18(2)16-24(3)4)23(29)21(17)22(28)26-14-12-25(13-15-26)19-8-6-7-9-20(19)30-5;2-1-3/h6-11,18H,12-16H2,1-5H3;1H,(H,2,3). The lowest BCUT2D eigenvalue weighted by atomic mass is 10.1. The van der Waals surface area contributed by atoms with Crippen molar-refractivity contribution < 1.29 is 19.4 Å². The Hall–Kier alpha value is -3.33. The number of hydrogen-bond acceptors (Lipinski definition) is 6. The van der Waals surface area contributed by atoms with Gasteiger partial charge in [0.2, 0.25) is 0 Å². The second-order valence-electron chi connectivity index (χ2n) is 8.25. The number of aromatic nitrogens is 1.